The molecule has 1 aromatic carbocycles. The third-order valence-corrected chi connectivity index (χ3v) is 4.12. The highest BCUT2D eigenvalue weighted by Crippen LogP contribution is 2.25. The number of aromatic nitrogens is 4. The van der Waals surface area contributed by atoms with Crippen molar-refractivity contribution in [2.24, 2.45) is 0 Å². The second kappa shape index (κ2) is 7.22. The molecule has 8 heteroatoms. The molecule has 2 aromatic heterocycles. The quantitative estimate of drug-likeness (QED) is 0.539. The number of rotatable bonds is 5. The Hall–Kier alpha value is -3.16. The molecule has 3 rings (SSSR count). The maximum atomic E-state index is 13.1. The summed E-state index contributed by atoms with van der Waals surface area (Å²) in [5.41, 5.74) is 7.75. The fraction of sp³-hybridized carbons (Fsp3) is 0.316. The molecule has 3 aromatic rings. The zero-order chi connectivity index (χ0) is 19.6. The molecule has 0 aliphatic carbocycles. The molecule has 27 heavy (non-hydrogen) atoms. The van der Waals surface area contributed by atoms with Crippen molar-refractivity contribution < 1.29 is 4.39 Å². The van der Waals surface area contributed by atoms with E-state index in [-0.39, 0.29) is 23.2 Å². The molecule has 0 fully saturated rings. The SMILES string of the molecule is CC(Nc1cc(Nc2cc(C(C)(C)C)[nH]n2)nc(N)n1)c1ccc(F)cc1. The van der Waals surface area contributed by atoms with Crippen molar-refractivity contribution >= 4 is 23.4 Å². The molecule has 2 heterocycles. The van der Waals surface area contributed by atoms with Crippen LogP contribution < -0.4 is 16.4 Å². The Morgan fingerprint density at radius 1 is 1.04 bits per heavy atom. The van der Waals surface area contributed by atoms with Gasteiger partial charge in [-0.15, -0.1) is 0 Å². The van der Waals surface area contributed by atoms with Crippen molar-refractivity contribution in [1.29, 1.82) is 0 Å². The van der Waals surface area contributed by atoms with Crippen molar-refractivity contribution in [1.82, 2.24) is 20.2 Å². The first-order chi connectivity index (χ1) is 12.7. The van der Waals surface area contributed by atoms with E-state index in [0.29, 0.717) is 17.5 Å². The number of benzene rings is 1. The van der Waals surface area contributed by atoms with Gasteiger partial charge < -0.3 is 16.4 Å². The van der Waals surface area contributed by atoms with Gasteiger partial charge in [-0.05, 0) is 24.6 Å². The maximum absolute atomic E-state index is 13.1. The molecule has 5 N–H and O–H groups in total. The number of H-pyrrole nitrogens is 1. The molecule has 0 amide bonds. The summed E-state index contributed by atoms with van der Waals surface area (Å²) in [4.78, 5) is 8.42. The zero-order valence-electron chi connectivity index (χ0n) is 15.8. The monoisotopic (exact) mass is 369 g/mol. The predicted molar refractivity (Wildman–Crippen MR) is 105 cm³/mol. The van der Waals surface area contributed by atoms with Gasteiger partial charge in [0.25, 0.3) is 0 Å². The number of halogens is 1. The molecule has 1 unspecified atom stereocenters. The number of hydrogen-bond acceptors (Lipinski definition) is 6. The Balaban J connectivity index is 1.76. The normalized spacial score (nSPS) is 12.6. The van der Waals surface area contributed by atoms with Gasteiger partial charge in [-0.2, -0.15) is 15.1 Å². The van der Waals surface area contributed by atoms with Gasteiger partial charge in [0.05, 0.1) is 0 Å². The summed E-state index contributed by atoms with van der Waals surface area (Å²) in [5.74, 6) is 1.62. The van der Waals surface area contributed by atoms with Crippen molar-refractivity contribution in [2.45, 2.75) is 39.2 Å². The average molecular weight is 369 g/mol. The summed E-state index contributed by atoms with van der Waals surface area (Å²) in [6.07, 6.45) is 0. The van der Waals surface area contributed by atoms with Gasteiger partial charge in [-0.1, -0.05) is 32.9 Å². The van der Waals surface area contributed by atoms with E-state index in [9.17, 15) is 4.39 Å². The lowest BCUT2D eigenvalue weighted by molar-refractivity contribution is 0.567. The molecule has 0 aliphatic heterocycles. The van der Waals surface area contributed by atoms with E-state index in [2.05, 4.69) is 51.6 Å². The van der Waals surface area contributed by atoms with Crippen LogP contribution in [0.3, 0.4) is 0 Å². The third-order valence-electron chi connectivity index (χ3n) is 4.12. The van der Waals surface area contributed by atoms with E-state index in [1.807, 2.05) is 13.0 Å². The van der Waals surface area contributed by atoms with Crippen molar-refractivity contribution in [2.75, 3.05) is 16.4 Å². The van der Waals surface area contributed by atoms with Crippen molar-refractivity contribution in [3.05, 3.63) is 53.5 Å². The lowest BCUT2D eigenvalue weighted by Crippen LogP contribution is -2.11. The predicted octanol–water partition coefficient (Wildman–Crippen LogP) is 4.14. The van der Waals surface area contributed by atoms with Gasteiger partial charge in [0, 0.05) is 29.3 Å². The first-order valence-corrected chi connectivity index (χ1v) is 8.70. The van der Waals surface area contributed by atoms with Crippen LogP contribution in [-0.2, 0) is 5.41 Å². The summed E-state index contributed by atoms with van der Waals surface area (Å²) in [7, 11) is 0. The van der Waals surface area contributed by atoms with E-state index in [1.165, 1.54) is 12.1 Å². The largest absolute Gasteiger partial charge is 0.368 e. The van der Waals surface area contributed by atoms with Gasteiger partial charge in [-0.3, -0.25) is 5.10 Å². The van der Waals surface area contributed by atoms with Crippen LogP contribution in [0.5, 0.6) is 0 Å². The maximum Gasteiger partial charge on any atom is 0.223 e. The van der Waals surface area contributed by atoms with Crippen LogP contribution in [0.4, 0.5) is 27.8 Å². The Kier molecular flexibility index (Phi) is 4.98. The smallest absolute Gasteiger partial charge is 0.223 e. The van der Waals surface area contributed by atoms with Crippen LogP contribution in [-0.4, -0.2) is 20.2 Å². The summed E-state index contributed by atoms with van der Waals surface area (Å²) < 4.78 is 13.1. The lowest BCUT2D eigenvalue weighted by atomic mass is 9.92. The van der Waals surface area contributed by atoms with Crippen LogP contribution in [0.15, 0.2) is 36.4 Å². The van der Waals surface area contributed by atoms with E-state index in [0.717, 1.165) is 11.3 Å². The molecule has 142 valence electrons. The minimum Gasteiger partial charge on any atom is -0.368 e. The van der Waals surface area contributed by atoms with E-state index < -0.39 is 0 Å². The standard InChI is InChI=1S/C19H24FN7/c1-11(12-5-7-13(20)8-6-12)22-15-10-16(25-18(21)24-15)23-17-9-14(26-27-17)19(2,3)4/h5-11H,1-4H3,(H5,21,22,23,24,25,26,27). The van der Waals surface area contributed by atoms with Crippen molar-refractivity contribution in [3.63, 3.8) is 0 Å². The van der Waals surface area contributed by atoms with Gasteiger partial charge in [0.1, 0.15) is 17.5 Å². The van der Waals surface area contributed by atoms with Crippen LogP contribution in [0.25, 0.3) is 0 Å². The van der Waals surface area contributed by atoms with Gasteiger partial charge in [0.2, 0.25) is 5.95 Å². The molecular formula is C19H24FN7. The molecule has 0 saturated carbocycles. The van der Waals surface area contributed by atoms with Gasteiger partial charge in [-0.25, -0.2) is 4.39 Å². The van der Waals surface area contributed by atoms with Crippen LogP contribution in [0.2, 0.25) is 0 Å². The molecule has 0 bridgehead atoms. The Labute approximate surface area is 157 Å². The number of nitrogens with zero attached hydrogens (tertiary/aromatic N) is 3. The molecule has 0 radical (unpaired) electrons. The van der Waals surface area contributed by atoms with Crippen LogP contribution in [0, 0.1) is 5.82 Å². The van der Waals surface area contributed by atoms with E-state index >= 15 is 0 Å². The average Bonchev–Trinajstić information content (AvgIpc) is 3.03. The van der Waals surface area contributed by atoms with Gasteiger partial charge in [0.15, 0.2) is 5.82 Å². The molecule has 0 saturated heterocycles. The van der Waals surface area contributed by atoms with Crippen LogP contribution in [0.1, 0.15) is 45.0 Å². The van der Waals surface area contributed by atoms with Crippen LogP contribution >= 0.6 is 0 Å². The summed E-state index contributed by atoms with van der Waals surface area (Å²) in [6, 6.07) is 9.93. The first-order valence-electron chi connectivity index (χ1n) is 8.70. The van der Waals surface area contributed by atoms with E-state index in [1.54, 1.807) is 18.2 Å². The fourth-order valence-corrected chi connectivity index (χ4v) is 2.56. The lowest BCUT2D eigenvalue weighted by Gasteiger charge is -2.16. The Bertz CT molecular complexity index is 913. The molecule has 7 nitrogen and oxygen atoms in total. The summed E-state index contributed by atoms with van der Waals surface area (Å²) in [5, 5.41) is 13.7. The number of aromatic amines is 1. The minimum atomic E-state index is -0.266. The second-order valence-electron chi connectivity index (χ2n) is 7.46. The summed E-state index contributed by atoms with van der Waals surface area (Å²) >= 11 is 0. The Morgan fingerprint density at radius 3 is 2.33 bits per heavy atom. The van der Waals surface area contributed by atoms with Gasteiger partial charge >= 0.3 is 0 Å². The number of nitrogen functional groups attached to an aromatic ring is 1. The van der Waals surface area contributed by atoms with E-state index in [4.69, 9.17) is 5.73 Å². The molecule has 1 atom stereocenters. The number of nitrogens with two attached hydrogens (primary N) is 1. The topological polar surface area (TPSA) is 105 Å². The number of nitrogens with one attached hydrogen (secondary N) is 3. The zero-order valence-corrected chi connectivity index (χ0v) is 15.8. The molecule has 0 spiro atoms. The number of anilines is 4. The highest BCUT2D eigenvalue weighted by atomic mass is 19.1. The molecular weight excluding hydrogens is 345 g/mol. The third kappa shape index (κ3) is 4.72. The second-order valence-corrected chi connectivity index (χ2v) is 7.46. The first kappa shape index (κ1) is 18.6. The fourth-order valence-electron chi connectivity index (χ4n) is 2.56. The highest BCUT2D eigenvalue weighted by molar-refractivity contribution is 5.58. The highest BCUT2D eigenvalue weighted by Gasteiger charge is 2.17. The minimum absolute atomic E-state index is 0.0328. The molecule has 0 aliphatic rings. The Morgan fingerprint density at radius 2 is 1.70 bits per heavy atom. The van der Waals surface area contributed by atoms with Crippen molar-refractivity contribution in [3.8, 4) is 0 Å². The summed E-state index contributed by atoms with van der Waals surface area (Å²) in [6.45, 7) is 8.27. The number of hydrogen-bond donors (Lipinski definition) is 4.